The van der Waals surface area contributed by atoms with Crippen molar-refractivity contribution in [1.29, 1.82) is 0 Å². The smallest absolute Gasteiger partial charge is 0.307 e. The van der Waals surface area contributed by atoms with E-state index >= 15 is 0 Å². The van der Waals surface area contributed by atoms with Gasteiger partial charge in [-0.2, -0.15) is 0 Å². The molecule has 0 spiro atoms. The molecule has 6 nitrogen and oxygen atoms in total. The highest BCUT2D eigenvalue weighted by molar-refractivity contribution is 6.37. The second-order valence-electron chi connectivity index (χ2n) is 8.90. The van der Waals surface area contributed by atoms with Crippen molar-refractivity contribution in [2.24, 2.45) is 0 Å². The summed E-state index contributed by atoms with van der Waals surface area (Å²) in [7, 11) is 4.09. The number of carboxylic acids is 1. The number of nitrogens with zero attached hydrogens (tertiary/aromatic N) is 1. The molecule has 1 aliphatic rings. The molecule has 0 unspecified atom stereocenters. The van der Waals surface area contributed by atoms with Crippen LogP contribution in [0.15, 0.2) is 66.7 Å². The zero-order chi connectivity index (χ0) is 24.9. The van der Waals surface area contributed by atoms with Gasteiger partial charge in [-0.25, -0.2) is 4.39 Å². The molecule has 0 fully saturated rings. The summed E-state index contributed by atoms with van der Waals surface area (Å²) in [5, 5.41) is 15.4. The molecule has 4 rings (SSSR count). The largest absolute Gasteiger partial charge is 0.481 e. The number of aliphatic carboxylic acids is 1. The van der Waals surface area contributed by atoms with Crippen LogP contribution in [0.1, 0.15) is 28.7 Å². The van der Waals surface area contributed by atoms with E-state index in [4.69, 9.17) is 0 Å². The summed E-state index contributed by atoms with van der Waals surface area (Å²) in [5.41, 5.74) is 5.17. The van der Waals surface area contributed by atoms with Crippen LogP contribution in [0.5, 0.6) is 0 Å². The van der Waals surface area contributed by atoms with Crippen LogP contribution < -0.4 is 10.6 Å². The van der Waals surface area contributed by atoms with Crippen molar-refractivity contribution in [3.05, 3.63) is 94.8 Å². The third kappa shape index (κ3) is 5.94. The van der Waals surface area contributed by atoms with Crippen LogP contribution in [0.25, 0.3) is 11.3 Å². The number of carbonyl (C=O) groups is 2. The van der Waals surface area contributed by atoms with E-state index in [9.17, 15) is 19.1 Å². The summed E-state index contributed by atoms with van der Waals surface area (Å²) in [6, 6.07) is 19.3. The molecule has 35 heavy (non-hydrogen) atoms. The Morgan fingerprint density at radius 1 is 1.03 bits per heavy atom. The van der Waals surface area contributed by atoms with Gasteiger partial charge in [0.1, 0.15) is 5.82 Å². The Morgan fingerprint density at radius 3 is 2.57 bits per heavy atom. The lowest BCUT2D eigenvalue weighted by Gasteiger charge is -2.16. The van der Waals surface area contributed by atoms with Gasteiger partial charge in [0.2, 0.25) is 0 Å². The van der Waals surface area contributed by atoms with E-state index in [1.807, 2.05) is 32.3 Å². The Kier molecular flexibility index (Phi) is 7.27. The maximum absolute atomic E-state index is 13.8. The second-order valence-corrected chi connectivity index (χ2v) is 8.90. The van der Waals surface area contributed by atoms with E-state index in [1.54, 1.807) is 24.3 Å². The highest BCUT2D eigenvalue weighted by Crippen LogP contribution is 2.38. The van der Waals surface area contributed by atoms with Crippen LogP contribution in [-0.4, -0.2) is 42.5 Å². The normalized spacial score (nSPS) is 14.0. The fourth-order valence-corrected chi connectivity index (χ4v) is 4.23. The first-order valence-corrected chi connectivity index (χ1v) is 11.5. The fourth-order valence-electron chi connectivity index (χ4n) is 4.23. The van der Waals surface area contributed by atoms with Gasteiger partial charge in [0.15, 0.2) is 0 Å². The molecule has 3 aromatic rings. The van der Waals surface area contributed by atoms with Crippen molar-refractivity contribution in [2.45, 2.75) is 19.3 Å². The number of halogens is 1. The SMILES string of the molecule is CN(C)CCCc1cccc(N/C(=C2\C(=O)Nc3cc(F)ccc32)c2cccc(CC(=O)O)c2)c1. The molecular weight excluding hydrogens is 445 g/mol. The topological polar surface area (TPSA) is 81.7 Å². The minimum atomic E-state index is -0.936. The molecule has 0 aliphatic carbocycles. The summed E-state index contributed by atoms with van der Waals surface area (Å²) in [4.78, 5) is 26.5. The van der Waals surface area contributed by atoms with Crippen molar-refractivity contribution in [1.82, 2.24) is 4.90 Å². The molecule has 180 valence electrons. The first kappa shape index (κ1) is 24.2. The minimum absolute atomic E-state index is 0.133. The van der Waals surface area contributed by atoms with Crippen molar-refractivity contribution < 1.29 is 19.1 Å². The number of aryl methyl sites for hydroxylation is 1. The lowest BCUT2D eigenvalue weighted by atomic mass is 9.98. The van der Waals surface area contributed by atoms with E-state index < -0.39 is 11.8 Å². The Morgan fingerprint density at radius 2 is 1.80 bits per heavy atom. The number of carbonyl (C=O) groups excluding carboxylic acids is 1. The maximum atomic E-state index is 13.8. The van der Waals surface area contributed by atoms with E-state index in [0.29, 0.717) is 33.6 Å². The molecule has 0 atom stereocenters. The molecule has 1 heterocycles. The second kappa shape index (κ2) is 10.5. The highest BCUT2D eigenvalue weighted by Gasteiger charge is 2.29. The molecule has 1 amide bonds. The number of nitrogens with one attached hydrogen (secondary N) is 2. The van der Waals surface area contributed by atoms with Gasteiger partial charge in [0.25, 0.3) is 5.91 Å². The van der Waals surface area contributed by atoms with Crippen LogP contribution >= 0.6 is 0 Å². The summed E-state index contributed by atoms with van der Waals surface area (Å²) < 4.78 is 13.8. The van der Waals surface area contributed by atoms with Gasteiger partial charge >= 0.3 is 5.97 Å². The zero-order valence-corrected chi connectivity index (χ0v) is 19.8. The van der Waals surface area contributed by atoms with E-state index in [0.717, 1.165) is 25.1 Å². The highest BCUT2D eigenvalue weighted by atomic mass is 19.1. The summed E-state index contributed by atoms with van der Waals surface area (Å²) in [5.74, 6) is -1.72. The summed E-state index contributed by atoms with van der Waals surface area (Å²) >= 11 is 0. The molecule has 1 aliphatic heterocycles. The average Bonchev–Trinajstić information content (AvgIpc) is 3.11. The van der Waals surface area contributed by atoms with Gasteiger partial charge in [-0.1, -0.05) is 30.3 Å². The van der Waals surface area contributed by atoms with Crippen LogP contribution in [0, 0.1) is 5.82 Å². The fraction of sp³-hybridized carbons (Fsp3) is 0.214. The zero-order valence-electron chi connectivity index (χ0n) is 19.8. The van der Waals surface area contributed by atoms with Gasteiger partial charge in [-0.3, -0.25) is 9.59 Å². The van der Waals surface area contributed by atoms with Crippen LogP contribution in [-0.2, 0) is 22.4 Å². The van der Waals surface area contributed by atoms with Crippen molar-refractivity contribution in [3.8, 4) is 0 Å². The Hall–Kier alpha value is -3.97. The molecule has 0 bridgehead atoms. The lowest BCUT2D eigenvalue weighted by molar-refractivity contribution is -0.136. The van der Waals surface area contributed by atoms with Crippen LogP contribution in [0.4, 0.5) is 15.8 Å². The number of hydrogen-bond acceptors (Lipinski definition) is 4. The monoisotopic (exact) mass is 473 g/mol. The van der Waals surface area contributed by atoms with Crippen LogP contribution in [0.2, 0.25) is 0 Å². The lowest BCUT2D eigenvalue weighted by Crippen LogP contribution is -2.13. The molecule has 3 aromatic carbocycles. The van der Waals surface area contributed by atoms with Gasteiger partial charge in [-0.05, 0) is 86.6 Å². The molecule has 3 N–H and O–H groups in total. The Bertz CT molecular complexity index is 1300. The first-order valence-electron chi connectivity index (χ1n) is 11.5. The average molecular weight is 474 g/mol. The molecule has 0 saturated heterocycles. The number of amides is 1. The number of fused-ring (bicyclic) bond motifs is 1. The number of benzene rings is 3. The molecule has 0 aromatic heterocycles. The van der Waals surface area contributed by atoms with Crippen LogP contribution in [0.3, 0.4) is 0 Å². The molecule has 7 heteroatoms. The number of hydrogen-bond donors (Lipinski definition) is 3. The van der Waals surface area contributed by atoms with Crippen molar-refractivity contribution in [2.75, 3.05) is 31.3 Å². The summed E-state index contributed by atoms with van der Waals surface area (Å²) in [6.07, 6.45) is 1.80. The van der Waals surface area contributed by atoms with E-state index in [-0.39, 0.29) is 12.3 Å². The number of rotatable bonds is 9. The first-order chi connectivity index (χ1) is 16.8. The quantitative estimate of drug-likeness (QED) is 0.386. The number of carboxylic acid groups (broad SMARTS) is 1. The van der Waals surface area contributed by atoms with Gasteiger partial charge in [0, 0.05) is 11.3 Å². The third-order valence-electron chi connectivity index (χ3n) is 5.81. The molecule has 0 saturated carbocycles. The molecular formula is C28H28FN3O3. The predicted octanol–water partition coefficient (Wildman–Crippen LogP) is 4.88. The maximum Gasteiger partial charge on any atom is 0.307 e. The predicted molar refractivity (Wildman–Crippen MR) is 137 cm³/mol. The third-order valence-corrected chi connectivity index (χ3v) is 5.81. The van der Waals surface area contributed by atoms with Gasteiger partial charge in [0.05, 0.1) is 23.4 Å². The van der Waals surface area contributed by atoms with Crippen molar-refractivity contribution in [3.63, 3.8) is 0 Å². The molecule has 0 radical (unpaired) electrons. The van der Waals surface area contributed by atoms with Gasteiger partial charge < -0.3 is 20.6 Å². The number of anilines is 2. The standard InChI is InChI=1S/C28H28FN3O3/c1-32(2)13-5-8-18-6-4-10-22(15-18)30-27(20-9-3-7-19(14-20)16-25(33)34)26-23-12-11-21(29)17-24(23)31-28(26)35/h3-4,6-7,9-12,14-15,17,30H,5,8,13,16H2,1-2H3,(H,31,35)(H,33,34)/b27-26-. The van der Waals surface area contributed by atoms with E-state index in [2.05, 4.69) is 27.7 Å². The Labute approximate surface area is 204 Å². The minimum Gasteiger partial charge on any atom is -0.481 e. The van der Waals surface area contributed by atoms with Crippen molar-refractivity contribution >= 4 is 34.5 Å². The Balaban J connectivity index is 1.77. The summed E-state index contributed by atoms with van der Waals surface area (Å²) in [6.45, 7) is 0.983. The van der Waals surface area contributed by atoms with E-state index in [1.165, 1.54) is 17.7 Å². The van der Waals surface area contributed by atoms with Gasteiger partial charge in [-0.15, -0.1) is 0 Å².